The fourth-order valence-electron chi connectivity index (χ4n) is 0. The normalized spacial score (nSPS) is 5.22. The van der Waals surface area contributed by atoms with Crippen molar-refractivity contribution in [2.24, 2.45) is 0 Å². The van der Waals surface area contributed by atoms with E-state index in [1.807, 2.05) is 0 Å². The largest absolute Gasteiger partial charge is 0.481 e. The summed E-state index contributed by atoms with van der Waals surface area (Å²) in [5.74, 6) is -0.833. The van der Waals surface area contributed by atoms with E-state index in [1.165, 1.54) is 0 Å². The molecule has 0 rings (SSSR count). The highest BCUT2D eigenvalue weighted by atomic mass is 35.5. The van der Waals surface area contributed by atoms with Crippen LogP contribution in [-0.2, 0) is 4.79 Å². The average Bonchev–Trinajstić information content (AvgIpc) is 1.71. The van der Waals surface area contributed by atoms with Crippen molar-refractivity contribution in [1.29, 1.82) is 0 Å². The van der Waals surface area contributed by atoms with Gasteiger partial charge in [-0.05, 0) is 0 Å². The van der Waals surface area contributed by atoms with Gasteiger partial charge in [0.1, 0.15) is 0 Å². The van der Waals surface area contributed by atoms with Crippen LogP contribution in [0.25, 0.3) is 0 Å². The molecule has 0 saturated carbocycles. The Kier molecular flexibility index (Phi) is 44.2. The van der Waals surface area contributed by atoms with Crippen molar-refractivity contribution in [2.75, 3.05) is 5.34 Å². The second-order valence-electron chi connectivity index (χ2n) is 0.620. The molecule has 0 aromatic rings. The number of carboxylic acid groups (broad SMARTS) is 1. The number of hydrogen-bond acceptors (Lipinski definition) is 1. The number of hydrogen-bond donors (Lipinski definition) is 1. The molecule has 0 aliphatic carbocycles. The molecule has 1 N–H and O–H groups in total. The van der Waals surface area contributed by atoms with E-state index in [1.54, 1.807) is 0 Å². The van der Waals surface area contributed by atoms with Crippen molar-refractivity contribution in [3.05, 3.63) is 13.2 Å². The standard InChI is InChI=1S/C2H4O2.C2H4.CH2Cl2/c1-2(3)4;1-2;2-1-3/h1H3,(H,3,4);1-2H2;1H2. The van der Waals surface area contributed by atoms with Gasteiger partial charge in [-0.15, -0.1) is 36.4 Å². The van der Waals surface area contributed by atoms with Crippen LogP contribution in [-0.4, -0.2) is 16.4 Å². The van der Waals surface area contributed by atoms with Crippen LogP contribution in [0.15, 0.2) is 13.2 Å². The molecule has 0 aromatic heterocycles. The van der Waals surface area contributed by atoms with E-state index in [2.05, 4.69) is 13.2 Å². The maximum absolute atomic E-state index is 9.00. The quantitative estimate of drug-likeness (QED) is 0.450. The van der Waals surface area contributed by atoms with Crippen molar-refractivity contribution < 1.29 is 9.90 Å². The molecule has 0 amide bonds. The molecule has 0 aliphatic rings. The Morgan fingerprint density at radius 3 is 1.56 bits per heavy atom. The first-order valence-corrected chi connectivity index (χ1v) is 3.03. The Hall–Kier alpha value is -0.210. The first-order valence-electron chi connectivity index (χ1n) is 1.96. The van der Waals surface area contributed by atoms with Gasteiger partial charge >= 0.3 is 0 Å². The van der Waals surface area contributed by atoms with E-state index in [0.29, 0.717) is 0 Å². The lowest BCUT2D eigenvalue weighted by Gasteiger charge is -1.59. The second kappa shape index (κ2) is 25.0. The molecule has 0 unspecified atom stereocenters. The van der Waals surface area contributed by atoms with E-state index >= 15 is 0 Å². The molecule has 56 valence electrons. The summed E-state index contributed by atoms with van der Waals surface area (Å²) >= 11 is 9.53. The Morgan fingerprint density at radius 2 is 1.56 bits per heavy atom. The number of carbonyl (C=O) groups is 1. The lowest BCUT2D eigenvalue weighted by Crippen LogP contribution is -1.78. The Morgan fingerprint density at radius 1 is 1.56 bits per heavy atom. The van der Waals surface area contributed by atoms with Gasteiger partial charge in [0.2, 0.25) is 0 Å². The maximum atomic E-state index is 9.00. The number of rotatable bonds is 0. The van der Waals surface area contributed by atoms with Gasteiger partial charge in [0, 0.05) is 6.92 Å². The zero-order valence-corrected chi connectivity index (χ0v) is 6.74. The molecule has 0 heterocycles. The predicted molar refractivity (Wildman–Crippen MR) is 41.1 cm³/mol. The molecule has 0 bridgehead atoms. The van der Waals surface area contributed by atoms with Gasteiger partial charge in [-0.2, -0.15) is 0 Å². The number of carboxylic acids is 1. The van der Waals surface area contributed by atoms with Crippen LogP contribution in [0, 0.1) is 0 Å². The summed E-state index contributed by atoms with van der Waals surface area (Å²) in [6, 6.07) is 0. The third-order valence-corrected chi connectivity index (χ3v) is 0. The highest BCUT2D eigenvalue weighted by molar-refractivity contribution is 6.40. The molecular weight excluding hydrogens is 163 g/mol. The van der Waals surface area contributed by atoms with Gasteiger partial charge in [-0.1, -0.05) is 0 Å². The lowest BCUT2D eigenvalue weighted by atomic mass is 10.9. The zero-order valence-electron chi connectivity index (χ0n) is 5.23. The fraction of sp³-hybridized carbons (Fsp3) is 0.400. The van der Waals surface area contributed by atoms with E-state index in [4.69, 9.17) is 33.1 Å². The third-order valence-electron chi connectivity index (χ3n) is 0. The molecular formula is C5H10Cl2O2. The SMILES string of the molecule is C=C.CC(=O)O.ClCCl. The van der Waals surface area contributed by atoms with Crippen molar-refractivity contribution >= 4 is 29.2 Å². The van der Waals surface area contributed by atoms with Crippen LogP contribution in [0.5, 0.6) is 0 Å². The van der Waals surface area contributed by atoms with Crippen LogP contribution in [0.4, 0.5) is 0 Å². The van der Waals surface area contributed by atoms with Crippen LogP contribution in [0.3, 0.4) is 0 Å². The van der Waals surface area contributed by atoms with E-state index in [-0.39, 0.29) is 5.34 Å². The molecule has 9 heavy (non-hydrogen) atoms. The topological polar surface area (TPSA) is 37.3 Å². The summed E-state index contributed by atoms with van der Waals surface area (Å²) in [7, 11) is 0. The second-order valence-corrected chi connectivity index (χ2v) is 1.43. The fourth-order valence-corrected chi connectivity index (χ4v) is 0. The Labute approximate surface area is 65.1 Å². The minimum Gasteiger partial charge on any atom is -0.481 e. The Balaban J connectivity index is -0.0000000646. The first kappa shape index (κ1) is 15.9. The minimum atomic E-state index is -0.833. The molecule has 2 nitrogen and oxygen atoms in total. The van der Waals surface area contributed by atoms with Gasteiger partial charge in [0.25, 0.3) is 5.97 Å². The van der Waals surface area contributed by atoms with Crippen LogP contribution < -0.4 is 0 Å². The summed E-state index contributed by atoms with van der Waals surface area (Å²) < 4.78 is 0. The monoisotopic (exact) mass is 172 g/mol. The summed E-state index contributed by atoms with van der Waals surface area (Å²) in [6.45, 7) is 7.08. The number of alkyl halides is 2. The van der Waals surface area contributed by atoms with E-state index in [9.17, 15) is 0 Å². The highest BCUT2D eigenvalue weighted by Crippen LogP contribution is 1.73. The van der Waals surface area contributed by atoms with Crippen molar-refractivity contribution in [2.45, 2.75) is 6.92 Å². The smallest absolute Gasteiger partial charge is 0.300 e. The van der Waals surface area contributed by atoms with Crippen LogP contribution in [0.1, 0.15) is 6.92 Å². The maximum Gasteiger partial charge on any atom is 0.300 e. The van der Waals surface area contributed by atoms with Crippen molar-refractivity contribution in [1.82, 2.24) is 0 Å². The first-order chi connectivity index (χ1) is 4.15. The van der Waals surface area contributed by atoms with E-state index < -0.39 is 5.97 Å². The summed E-state index contributed by atoms with van der Waals surface area (Å²) in [5, 5.41) is 7.61. The van der Waals surface area contributed by atoms with Gasteiger partial charge in [0.15, 0.2) is 0 Å². The van der Waals surface area contributed by atoms with Crippen LogP contribution >= 0.6 is 23.2 Å². The molecule has 4 heteroatoms. The molecule has 0 spiro atoms. The average molecular weight is 173 g/mol. The van der Waals surface area contributed by atoms with Gasteiger partial charge in [-0.3, -0.25) is 4.79 Å². The lowest BCUT2D eigenvalue weighted by molar-refractivity contribution is -0.134. The molecule has 0 radical (unpaired) electrons. The molecule has 0 aliphatic heterocycles. The summed E-state index contributed by atoms with van der Waals surface area (Å²) in [5.41, 5.74) is 0. The van der Waals surface area contributed by atoms with E-state index in [0.717, 1.165) is 6.92 Å². The minimum absolute atomic E-state index is 0.194. The summed E-state index contributed by atoms with van der Waals surface area (Å²) in [4.78, 5) is 9.00. The molecule has 0 aromatic carbocycles. The van der Waals surface area contributed by atoms with Crippen molar-refractivity contribution in [3.8, 4) is 0 Å². The van der Waals surface area contributed by atoms with Gasteiger partial charge < -0.3 is 5.11 Å². The molecule has 0 fully saturated rings. The number of aliphatic carboxylic acids is 1. The number of halogens is 2. The third kappa shape index (κ3) is 5920. The molecule has 0 saturated heterocycles. The Bertz CT molecular complexity index is 52.9. The van der Waals surface area contributed by atoms with Gasteiger partial charge in [-0.25, -0.2) is 0 Å². The van der Waals surface area contributed by atoms with Gasteiger partial charge in [0.05, 0.1) is 5.34 Å². The molecule has 0 atom stereocenters. The highest BCUT2D eigenvalue weighted by Gasteiger charge is 1.65. The van der Waals surface area contributed by atoms with Crippen molar-refractivity contribution in [3.63, 3.8) is 0 Å². The predicted octanol–water partition coefficient (Wildman–Crippen LogP) is 2.31. The summed E-state index contributed by atoms with van der Waals surface area (Å²) in [6.07, 6.45) is 0. The zero-order chi connectivity index (χ0) is 8.28. The van der Waals surface area contributed by atoms with Crippen LogP contribution in [0.2, 0.25) is 0 Å².